The van der Waals surface area contributed by atoms with Crippen LogP contribution in [0.15, 0.2) is 42.5 Å². The molecule has 1 N–H and O–H groups in total. The third kappa shape index (κ3) is 6.81. The number of nitrogens with zero attached hydrogens (tertiary/aromatic N) is 3. The summed E-state index contributed by atoms with van der Waals surface area (Å²) < 4.78 is 25.8. The van der Waals surface area contributed by atoms with Crippen LogP contribution >= 0.6 is 23.2 Å². The van der Waals surface area contributed by atoms with Crippen molar-refractivity contribution in [2.24, 2.45) is 0 Å². The highest BCUT2D eigenvalue weighted by molar-refractivity contribution is 7.92. The molecule has 2 aromatic rings. The van der Waals surface area contributed by atoms with Crippen LogP contribution in [0.3, 0.4) is 0 Å². The fourth-order valence-electron chi connectivity index (χ4n) is 3.30. The van der Waals surface area contributed by atoms with E-state index in [9.17, 15) is 28.1 Å². The minimum atomic E-state index is -4.01. The average Bonchev–Trinajstić information content (AvgIpc) is 2.78. The molecule has 0 aliphatic heterocycles. The number of halogens is 2. The molecule has 0 heterocycles. The van der Waals surface area contributed by atoms with Crippen molar-refractivity contribution in [1.82, 2.24) is 10.2 Å². The molecule has 13 heteroatoms. The number of nitro benzene ring substituents is 1. The predicted octanol–water partition coefficient (Wildman–Crippen LogP) is 3.22. The summed E-state index contributed by atoms with van der Waals surface area (Å²) in [6.45, 7) is 0.993. The van der Waals surface area contributed by atoms with E-state index >= 15 is 0 Å². The van der Waals surface area contributed by atoms with Gasteiger partial charge in [-0.2, -0.15) is 0 Å². The minimum Gasteiger partial charge on any atom is -0.357 e. The molecule has 0 fully saturated rings. The van der Waals surface area contributed by atoms with Gasteiger partial charge in [0, 0.05) is 25.7 Å². The Bertz CT molecular complexity index is 1190. The summed E-state index contributed by atoms with van der Waals surface area (Å²) in [5.74, 6) is -1.12. The number of sulfonamides is 1. The summed E-state index contributed by atoms with van der Waals surface area (Å²) in [4.78, 5) is 37.7. The SMILES string of the molecule is CC[C@H](C(=O)NC)N(Cc1ccc(Cl)c(Cl)c1)C(=O)CN(c1cccc([N+](=O)[O-])c1)S(C)(=O)=O. The van der Waals surface area contributed by atoms with Crippen molar-refractivity contribution in [1.29, 1.82) is 0 Å². The summed E-state index contributed by atoms with van der Waals surface area (Å²) in [7, 11) is -2.58. The highest BCUT2D eigenvalue weighted by atomic mass is 35.5. The van der Waals surface area contributed by atoms with Gasteiger partial charge in [0.05, 0.1) is 26.9 Å². The number of rotatable bonds is 10. The third-order valence-corrected chi connectivity index (χ3v) is 6.86. The number of anilines is 1. The van der Waals surface area contributed by atoms with Gasteiger partial charge in [-0.1, -0.05) is 42.3 Å². The van der Waals surface area contributed by atoms with Crippen molar-refractivity contribution in [3.05, 3.63) is 68.2 Å². The highest BCUT2D eigenvalue weighted by Crippen LogP contribution is 2.26. The van der Waals surface area contributed by atoms with Gasteiger partial charge in [-0.3, -0.25) is 24.0 Å². The van der Waals surface area contributed by atoms with Crippen LogP contribution < -0.4 is 9.62 Å². The topological polar surface area (TPSA) is 130 Å². The van der Waals surface area contributed by atoms with Crippen molar-refractivity contribution in [3.8, 4) is 0 Å². The molecule has 34 heavy (non-hydrogen) atoms. The van der Waals surface area contributed by atoms with E-state index in [1.165, 1.54) is 30.1 Å². The first-order valence-corrected chi connectivity index (χ1v) is 12.7. The lowest BCUT2D eigenvalue weighted by atomic mass is 10.1. The Labute approximate surface area is 207 Å². The van der Waals surface area contributed by atoms with Crippen LogP contribution in [0.1, 0.15) is 18.9 Å². The Balaban J connectivity index is 2.48. The van der Waals surface area contributed by atoms with Crippen LogP contribution in [0.25, 0.3) is 0 Å². The minimum absolute atomic E-state index is 0.0474. The zero-order chi connectivity index (χ0) is 25.6. The first kappa shape index (κ1) is 27.4. The van der Waals surface area contributed by atoms with E-state index < -0.39 is 39.3 Å². The van der Waals surface area contributed by atoms with Gasteiger partial charge >= 0.3 is 0 Å². The van der Waals surface area contributed by atoms with Crippen LogP contribution in [0.4, 0.5) is 11.4 Å². The van der Waals surface area contributed by atoms with Gasteiger partial charge in [0.15, 0.2) is 0 Å². The Kier molecular flexibility index (Phi) is 9.25. The summed E-state index contributed by atoms with van der Waals surface area (Å²) in [6.07, 6.45) is 1.14. The number of nitro groups is 1. The van der Waals surface area contributed by atoms with E-state index in [0.717, 1.165) is 16.6 Å². The largest absolute Gasteiger partial charge is 0.357 e. The summed E-state index contributed by atoms with van der Waals surface area (Å²) in [5.41, 5.74) is 0.196. The average molecular weight is 531 g/mol. The lowest BCUT2D eigenvalue weighted by Crippen LogP contribution is -2.51. The summed E-state index contributed by atoms with van der Waals surface area (Å²) in [5, 5.41) is 14.2. The molecule has 0 saturated heterocycles. The van der Waals surface area contributed by atoms with Gasteiger partial charge in [0.1, 0.15) is 12.6 Å². The van der Waals surface area contributed by atoms with Gasteiger partial charge in [0.25, 0.3) is 5.69 Å². The number of hydrogen-bond acceptors (Lipinski definition) is 6. The van der Waals surface area contributed by atoms with Gasteiger partial charge < -0.3 is 10.2 Å². The quantitative estimate of drug-likeness (QED) is 0.370. The van der Waals surface area contributed by atoms with E-state index in [4.69, 9.17) is 23.2 Å². The molecular formula is C21H24Cl2N4O6S. The maximum Gasteiger partial charge on any atom is 0.271 e. The Morgan fingerprint density at radius 2 is 1.82 bits per heavy atom. The zero-order valence-corrected chi connectivity index (χ0v) is 21.0. The number of carbonyl (C=O) groups excluding carboxylic acids is 2. The van der Waals surface area contributed by atoms with Gasteiger partial charge in [-0.05, 0) is 30.2 Å². The van der Waals surface area contributed by atoms with Gasteiger partial charge in [-0.25, -0.2) is 8.42 Å². The van der Waals surface area contributed by atoms with Gasteiger partial charge in [-0.15, -0.1) is 0 Å². The van der Waals surface area contributed by atoms with E-state index in [1.807, 2.05) is 0 Å². The van der Waals surface area contributed by atoms with E-state index in [0.29, 0.717) is 10.6 Å². The molecule has 0 aliphatic carbocycles. The van der Waals surface area contributed by atoms with E-state index in [2.05, 4.69) is 5.32 Å². The highest BCUT2D eigenvalue weighted by Gasteiger charge is 2.31. The molecule has 2 amide bonds. The Hall–Kier alpha value is -2.89. The lowest BCUT2D eigenvalue weighted by molar-refractivity contribution is -0.384. The fourth-order valence-corrected chi connectivity index (χ4v) is 4.46. The number of carbonyl (C=O) groups is 2. The molecule has 0 aliphatic rings. The first-order valence-electron chi connectivity index (χ1n) is 10.1. The van der Waals surface area contributed by atoms with Crippen molar-refractivity contribution in [2.75, 3.05) is 24.2 Å². The number of hydrogen-bond donors (Lipinski definition) is 1. The van der Waals surface area contributed by atoms with Crippen molar-refractivity contribution in [2.45, 2.75) is 25.9 Å². The van der Waals surface area contributed by atoms with Crippen LogP contribution in [-0.2, 0) is 26.2 Å². The van der Waals surface area contributed by atoms with Crippen LogP contribution in [0.5, 0.6) is 0 Å². The van der Waals surface area contributed by atoms with E-state index in [1.54, 1.807) is 25.1 Å². The molecule has 0 saturated carbocycles. The number of amides is 2. The van der Waals surface area contributed by atoms with Crippen LogP contribution in [0.2, 0.25) is 10.0 Å². The molecule has 2 aromatic carbocycles. The molecule has 0 spiro atoms. The Morgan fingerprint density at radius 3 is 2.35 bits per heavy atom. The standard InChI is InChI=1S/C21H24Cl2N4O6S/c1-4-19(21(29)24-2)25(12-14-8-9-17(22)18(23)10-14)20(28)13-26(34(3,32)33)15-6-5-7-16(11-15)27(30)31/h5-11,19H,4,12-13H2,1-3H3,(H,24,29)/t19-/m1/s1. The molecule has 0 unspecified atom stereocenters. The van der Waals surface area contributed by atoms with Crippen molar-refractivity contribution in [3.63, 3.8) is 0 Å². The lowest BCUT2D eigenvalue weighted by Gasteiger charge is -2.32. The normalized spacial score (nSPS) is 12.0. The molecule has 184 valence electrons. The van der Waals surface area contributed by atoms with Crippen molar-refractivity contribution >= 4 is 56.4 Å². The second-order valence-corrected chi connectivity index (χ2v) is 10.1. The maximum atomic E-state index is 13.4. The Morgan fingerprint density at radius 1 is 1.15 bits per heavy atom. The number of benzene rings is 2. The van der Waals surface area contributed by atoms with E-state index in [-0.39, 0.29) is 29.4 Å². The molecule has 1 atom stereocenters. The van der Waals surface area contributed by atoms with Crippen LogP contribution in [-0.4, -0.2) is 55.9 Å². The summed E-state index contributed by atoms with van der Waals surface area (Å²) in [6, 6.07) is 8.78. The molecule has 2 rings (SSSR count). The van der Waals surface area contributed by atoms with Gasteiger partial charge in [0.2, 0.25) is 21.8 Å². The smallest absolute Gasteiger partial charge is 0.271 e. The predicted molar refractivity (Wildman–Crippen MR) is 130 cm³/mol. The molecule has 10 nitrogen and oxygen atoms in total. The molecule has 0 bridgehead atoms. The maximum absolute atomic E-state index is 13.4. The fraction of sp³-hybridized carbons (Fsp3) is 0.333. The molecule has 0 radical (unpaired) electrons. The number of nitrogens with one attached hydrogen (secondary N) is 1. The zero-order valence-electron chi connectivity index (χ0n) is 18.7. The first-order chi connectivity index (χ1) is 15.9. The molecular weight excluding hydrogens is 507 g/mol. The second-order valence-electron chi connectivity index (χ2n) is 7.35. The monoisotopic (exact) mass is 530 g/mol. The second kappa shape index (κ2) is 11.5. The van der Waals surface area contributed by atoms with Crippen molar-refractivity contribution < 1.29 is 22.9 Å². The number of likely N-dealkylation sites (N-methyl/N-ethyl adjacent to an activating group) is 1. The van der Waals surface area contributed by atoms with Crippen LogP contribution in [0, 0.1) is 10.1 Å². The number of non-ortho nitro benzene ring substituents is 1. The molecule has 0 aromatic heterocycles. The third-order valence-electron chi connectivity index (χ3n) is 4.98. The summed E-state index contributed by atoms with van der Waals surface area (Å²) >= 11 is 12.1.